The Morgan fingerprint density at radius 2 is 2.00 bits per heavy atom. The topological polar surface area (TPSA) is 17.1 Å². The van der Waals surface area contributed by atoms with Crippen LogP contribution in [0.4, 0.5) is 8.78 Å². The quantitative estimate of drug-likeness (QED) is 0.689. The molecule has 0 spiro atoms. The fourth-order valence-corrected chi connectivity index (χ4v) is 1.16. The summed E-state index contributed by atoms with van der Waals surface area (Å²) in [6.45, 7) is 3.00. The molecule has 0 N–H and O–H groups in total. The van der Waals surface area contributed by atoms with E-state index in [1.165, 1.54) is 13.0 Å². The standard InChI is InChI=1S/C10H10F2O/c1-6-3-4-9(11)10(12)8(6)5-7(2)13/h3-4H,5H2,1-2H3. The number of halogens is 2. The molecule has 0 fully saturated rings. The molecular weight excluding hydrogens is 174 g/mol. The van der Waals surface area contributed by atoms with Gasteiger partial charge >= 0.3 is 0 Å². The Hall–Kier alpha value is -1.25. The molecule has 0 atom stereocenters. The van der Waals surface area contributed by atoms with Crippen LogP contribution < -0.4 is 0 Å². The summed E-state index contributed by atoms with van der Waals surface area (Å²) in [5.74, 6) is -1.98. The zero-order chi connectivity index (χ0) is 10.0. The number of carbonyl (C=O) groups is 1. The average molecular weight is 184 g/mol. The van der Waals surface area contributed by atoms with Gasteiger partial charge in [0.1, 0.15) is 5.78 Å². The lowest BCUT2D eigenvalue weighted by Gasteiger charge is -2.05. The predicted octanol–water partition coefficient (Wildman–Crippen LogP) is 2.40. The summed E-state index contributed by atoms with van der Waals surface area (Å²) in [4.78, 5) is 10.7. The molecule has 0 aliphatic rings. The Balaban J connectivity index is 3.17. The fourth-order valence-electron chi connectivity index (χ4n) is 1.16. The molecule has 3 heteroatoms. The van der Waals surface area contributed by atoms with E-state index < -0.39 is 11.6 Å². The first-order valence-electron chi connectivity index (χ1n) is 3.95. The minimum absolute atomic E-state index is 0.0462. The Kier molecular flexibility index (Phi) is 2.76. The summed E-state index contributed by atoms with van der Waals surface area (Å²) < 4.78 is 25.8. The first-order chi connectivity index (χ1) is 6.02. The molecular formula is C10H10F2O. The van der Waals surface area contributed by atoms with E-state index in [1.807, 2.05) is 0 Å². The summed E-state index contributed by atoms with van der Waals surface area (Å²) in [5.41, 5.74) is 0.765. The minimum atomic E-state index is -0.907. The molecule has 1 nitrogen and oxygen atoms in total. The third kappa shape index (κ3) is 2.11. The first kappa shape index (κ1) is 9.84. The summed E-state index contributed by atoms with van der Waals surface area (Å²) in [5, 5.41) is 0. The lowest BCUT2D eigenvalue weighted by atomic mass is 10.0. The molecule has 0 unspecified atom stereocenters. The van der Waals surface area contributed by atoms with Crippen LogP contribution in [-0.2, 0) is 11.2 Å². The molecule has 0 amide bonds. The highest BCUT2D eigenvalue weighted by molar-refractivity contribution is 5.78. The van der Waals surface area contributed by atoms with Gasteiger partial charge in [-0.1, -0.05) is 6.07 Å². The molecule has 0 saturated heterocycles. The van der Waals surface area contributed by atoms with Gasteiger partial charge in [0.15, 0.2) is 11.6 Å². The van der Waals surface area contributed by atoms with Crippen molar-refractivity contribution in [1.29, 1.82) is 0 Å². The van der Waals surface area contributed by atoms with E-state index in [9.17, 15) is 13.6 Å². The molecule has 70 valence electrons. The van der Waals surface area contributed by atoms with Crippen molar-refractivity contribution in [3.8, 4) is 0 Å². The van der Waals surface area contributed by atoms with Crippen molar-refractivity contribution in [3.05, 3.63) is 34.9 Å². The normalized spacial score (nSPS) is 10.2. The Morgan fingerprint density at radius 3 is 2.54 bits per heavy atom. The lowest BCUT2D eigenvalue weighted by molar-refractivity contribution is -0.116. The highest BCUT2D eigenvalue weighted by Gasteiger charge is 2.12. The van der Waals surface area contributed by atoms with Gasteiger partial charge in [-0.2, -0.15) is 0 Å². The minimum Gasteiger partial charge on any atom is -0.300 e. The molecule has 0 aromatic heterocycles. The largest absolute Gasteiger partial charge is 0.300 e. The molecule has 1 aromatic rings. The highest BCUT2D eigenvalue weighted by atomic mass is 19.2. The maximum Gasteiger partial charge on any atom is 0.162 e. The van der Waals surface area contributed by atoms with Gasteiger partial charge in [-0.15, -0.1) is 0 Å². The number of aryl methyl sites for hydroxylation is 1. The van der Waals surface area contributed by atoms with E-state index in [-0.39, 0.29) is 17.8 Å². The van der Waals surface area contributed by atoms with Crippen LogP contribution in [0.25, 0.3) is 0 Å². The molecule has 0 saturated carbocycles. The zero-order valence-corrected chi connectivity index (χ0v) is 7.53. The summed E-state index contributed by atoms with van der Waals surface area (Å²) in [7, 11) is 0. The fraction of sp³-hybridized carbons (Fsp3) is 0.300. The van der Waals surface area contributed by atoms with Gasteiger partial charge in [0.05, 0.1) is 0 Å². The van der Waals surface area contributed by atoms with Crippen LogP contribution in [0.3, 0.4) is 0 Å². The summed E-state index contributed by atoms with van der Waals surface area (Å²) >= 11 is 0. The van der Waals surface area contributed by atoms with Gasteiger partial charge in [-0.25, -0.2) is 8.78 Å². The zero-order valence-electron chi connectivity index (χ0n) is 7.53. The Labute approximate surface area is 75.4 Å². The molecule has 1 aromatic carbocycles. The first-order valence-corrected chi connectivity index (χ1v) is 3.95. The van der Waals surface area contributed by atoms with Gasteiger partial charge in [0.25, 0.3) is 0 Å². The SMILES string of the molecule is CC(=O)Cc1c(C)ccc(F)c1F. The van der Waals surface area contributed by atoms with E-state index >= 15 is 0 Å². The van der Waals surface area contributed by atoms with Crippen molar-refractivity contribution >= 4 is 5.78 Å². The van der Waals surface area contributed by atoms with Gasteiger partial charge in [0, 0.05) is 12.0 Å². The molecule has 0 aliphatic heterocycles. The average Bonchev–Trinajstić information content (AvgIpc) is 2.05. The number of Topliss-reactive ketones (excluding diaryl/α,β-unsaturated/α-hetero) is 1. The number of hydrogen-bond acceptors (Lipinski definition) is 1. The second-order valence-corrected chi connectivity index (χ2v) is 3.04. The predicted molar refractivity (Wildman–Crippen MR) is 45.5 cm³/mol. The van der Waals surface area contributed by atoms with Crippen LogP contribution in [0.15, 0.2) is 12.1 Å². The van der Waals surface area contributed by atoms with Crippen molar-refractivity contribution in [2.45, 2.75) is 20.3 Å². The van der Waals surface area contributed by atoms with Crippen molar-refractivity contribution in [2.24, 2.45) is 0 Å². The van der Waals surface area contributed by atoms with Crippen LogP contribution in [-0.4, -0.2) is 5.78 Å². The number of hydrogen-bond donors (Lipinski definition) is 0. The van der Waals surface area contributed by atoms with Crippen LogP contribution in [0.5, 0.6) is 0 Å². The smallest absolute Gasteiger partial charge is 0.162 e. The Morgan fingerprint density at radius 1 is 1.38 bits per heavy atom. The van der Waals surface area contributed by atoms with Crippen molar-refractivity contribution in [3.63, 3.8) is 0 Å². The van der Waals surface area contributed by atoms with E-state index in [4.69, 9.17) is 0 Å². The van der Waals surface area contributed by atoms with Crippen molar-refractivity contribution in [2.75, 3.05) is 0 Å². The maximum atomic E-state index is 13.1. The van der Waals surface area contributed by atoms with Gasteiger partial charge in [-0.05, 0) is 25.5 Å². The number of benzene rings is 1. The van der Waals surface area contributed by atoms with E-state index in [0.29, 0.717) is 5.56 Å². The Bertz CT molecular complexity index is 345. The van der Waals surface area contributed by atoms with Crippen molar-refractivity contribution in [1.82, 2.24) is 0 Å². The van der Waals surface area contributed by atoms with Crippen LogP contribution in [0.1, 0.15) is 18.1 Å². The number of carbonyl (C=O) groups excluding carboxylic acids is 1. The molecule has 1 rings (SSSR count). The summed E-state index contributed by atoms with van der Waals surface area (Å²) in [6, 6.07) is 2.53. The van der Waals surface area contributed by atoms with Crippen LogP contribution >= 0.6 is 0 Å². The maximum absolute atomic E-state index is 13.1. The third-order valence-electron chi connectivity index (χ3n) is 1.86. The molecule has 0 radical (unpaired) electrons. The molecule has 0 heterocycles. The van der Waals surface area contributed by atoms with Crippen molar-refractivity contribution < 1.29 is 13.6 Å². The van der Waals surface area contributed by atoms with Gasteiger partial charge < -0.3 is 0 Å². The molecule has 13 heavy (non-hydrogen) atoms. The number of ketones is 1. The highest BCUT2D eigenvalue weighted by Crippen LogP contribution is 2.16. The second kappa shape index (κ2) is 3.64. The second-order valence-electron chi connectivity index (χ2n) is 3.04. The monoisotopic (exact) mass is 184 g/mol. The third-order valence-corrected chi connectivity index (χ3v) is 1.86. The molecule has 0 aliphatic carbocycles. The molecule has 0 bridgehead atoms. The van der Waals surface area contributed by atoms with Gasteiger partial charge in [0.2, 0.25) is 0 Å². The lowest BCUT2D eigenvalue weighted by Crippen LogP contribution is -2.03. The van der Waals surface area contributed by atoms with Crippen LogP contribution in [0.2, 0.25) is 0 Å². The number of rotatable bonds is 2. The van der Waals surface area contributed by atoms with Gasteiger partial charge in [-0.3, -0.25) is 4.79 Å². The van der Waals surface area contributed by atoms with E-state index in [0.717, 1.165) is 6.07 Å². The summed E-state index contributed by atoms with van der Waals surface area (Å²) in [6.07, 6.45) is -0.0462. The van der Waals surface area contributed by atoms with Crippen LogP contribution in [0, 0.1) is 18.6 Å². The van der Waals surface area contributed by atoms with E-state index in [1.54, 1.807) is 6.92 Å². The van der Waals surface area contributed by atoms with E-state index in [2.05, 4.69) is 0 Å².